The zero-order valence-corrected chi connectivity index (χ0v) is 31.5. The van der Waals surface area contributed by atoms with Gasteiger partial charge in [-0.05, 0) is 89.3 Å². The Labute approximate surface area is 323 Å². The third-order valence-corrected chi connectivity index (χ3v) is 10.5. The molecule has 0 spiro atoms. The number of nitrogens with zero attached hydrogens (tertiary/aromatic N) is 7. The lowest BCUT2D eigenvalue weighted by atomic mass is 9.92. The first-order valence-corrected chi connectivity index (χ1v) is 19.5. The Morgan fingerprint density at radius 2 is 1.30 bits per heavy atom. The molecule has 2 saturated carbocycles. The quantitative estimate of drug-likeness (QED) is 0.0943. The number of anilines is 5. The molecular formula is C37H51N15O4. The number of carboxylic acids is 1. The van der Waals surface area contributed by atoms with E-state index >= 15 is 0 Å². The molecule has 11 N–H and O–H groups in total. The van der Waals surface area contributed by atoms with Crippen LogP contribution in [0.3, 0.4) is 0 Å². The van der Waals surface area contributed by atoms with E-state index in [1.165, 1.54) is 0 Å². The summed E-state index contributed by atoms with van der Waals surface area (Å²) in [4.78, 5) is 57.9. The van der Waals surface area contributed by atoms with Crippen molar-refractivity contribution in [1.29, 1.82) is 0 Å². The number of piperidine rings is 1. The van der Waals surface area contributed by atoms with E-state index < -0.39 is 5.97 Å². The summed E-state index contributed by atoms with van der Waals surface area (Å²) in [6.45, 7) is 3.56. The van der Waals surface area contributed by atoms with Crippen LogP contribution in [-0.2, 0) is 4.74 Å². The molecule has 1 aromatic carbocycles. The van der Waals surface area contributed by atoms with Gasteiger partial charge in [-0.1, -0.05) is 6.07 Å². The van der Waals surface area contributed by atoms with Gasteiger partial charge in [0.1, 0.15) is 11.0 Å². The Morgan fingerprint density at radius 3 is 1.86 bits per heavy atom. The molecule has 1 amide bonds. The van der Waals surface area contributed by atoms with E-state index in [9.17, 15) is 14.7 Å². The van der Waals surface area contributed by atoms with Crippen molar-refractivity contribution in [2.24, 2.45) is 11.5 Å². The fraction of sp³-hybridized carbons (Fsp3) is 0.514. The van der Waals surface area contributed by atoms with E-state index in [1.54, 1.807) is 41.8 Å². The van der Waals surface area contributed by atoms with Crippen LogP contribution in [0, 0.1) is 0 Å². The predicted octanol–water partition coefficient (Wildman–Crippen LogP) is 4.54. The van der Waals surface area contributed by atoms with Gasteiger partial charge in [0, 0.05) is 49.0 Å². The Hall–Kier alpha value is -5.82. The molecule has 0 atom stereocenters. The molecule has 5 heterocycles. The molecule has 0 radical (unpaired) electrons. The normalized spacial score (nSPS) is 21.5. The van der Waals surface area contributed by atoms with E-state index in [0.717, 1.165) is 75.5 Å². The van der Waals surface area contributed by atoms with Crippen molar-refractivity contribution in [3.8, 4) is 0 Å². The number of ether oxygens (including phenoxy) is 1. The number of aromatic nitrogens is 8. The van der Waals surface area contributed by atoms with Gasteiger partial charge in [0.15, 0.2) is 22.9 Å². The van der Waals surface area contributed by atoms with E-state index in [-0.39, 0.29) is 29.8 Å². The van der Waals surface area contributed by atoms with Crippen LogP contribution in [0.4, 0.5) is 34.0 Å². The smallest absolute Gasteiger partial charge is 0.409 e. The molecule has 8 rings (SSSR count). The number of imidazole rings is 2. The van der Waals surface area contributed by atoms with Crippen molar-refractivity contribution in [3.63, 3.8) is 0 Å². The highest BCUT2D eigenvalue weighted by Crippen LogP contribution is 2.27. The number of aromatic carboxylic acids is 1. The van der Waals surface area contributed by atoms with Gasteiger partial charge >= 0.3 is 12.1 Å². The van der Waals surface area contributed by atoms with Gasteiger partial charge in [-0.3, -0.25) is 0 Å². The number of hydrogen-bond acceptors (Lipinski definition) is 15. The molecule has 19 nitrogen and oxygen atoms in total. The van der Waals surface area contributed by atoms with Crippen LogP contribution in [-0.4, -0.2) is 112 Å². The monoisotopic (exact) mass is 769 g/mol. The Morgan fingerprint density at radius 1 is 0.768 bits per heavy atom. The topological polar surface area (TPSA) is 276 Å². The molecule has 19 heteroatoms. The van der Waals surface area contributed by atoms with E-state index in [0.29, 0.717) is 72.0 Å². The summed E-state index contributed by atoms with van der Waals surface area (Å²) in [5.41, 5.74) is 15.4. The van der Waals surface area contributed by atoms with Crippen molar-refractivity contribution in [2.75, 3.05) is 41.0 Å². The van der Waals surface area contributed by atoms with Gasteiger partial charge in [-0.25, -0.2) is 19.6 Å². The minimum Gasteiger partial charge on any atom is -0.478 e. The van der Waals surface area contributed by atoms with Gasteiger partial charge in [-0.2, -0.15) is 19.9 Å². The highest BCUT2D eigenvalue weighted by molar-refractivity contribution is 5.90. The molecule has 1 saturated heterocycles. The summed E-state index contributed by atoms with van der Waals surface area (Å²) < 4.78 is 5.09. The SMILES string of the molecule is CCOC(=O)N1CCC(Nc2nc(NC3CCC(N)CC3)nc3nc[nH]c23)CC1.NC1CCC(Nc2nc(Nc3cccc(C(=O)O)c3)c3[nH]cnc3n2)CC1. The number of nitrogens with one attached hydrogen (secondary N) is 6. The van der Waals surface area contributed by atoms with Crippen LogP contribution < -0.4 is 32.7 Å². The van der Waals surface area contributed by atoms with Crippen LogP contribution >= 0.6 is 0 Å². The minimum atomic E-state index is -0.981. The second kappa shape index (κ2) is 17.8. The number of carboxylic acid groups (broad SMARTS) is 1. The van der Waals surface area contributed by atoms with Crippen molar-refractivity contribution in [1.82, 2.24) is 44.8 Å². The number of benzene rings is 1. The maximum absolute atomic E-state index is 11.9. The van der Waals surface area contributed by atoms with Crippen molar-refractivity contribution < 1.29 is 19.4 Å². The van der Waals surface area contributed by atoms with E-state index in [2.05, 4.69) is 56.2 Å². The van der Waals surface area contributed by atoms with Gasteiger partial charge in [0.05, 0.1) is 24.8 Å². The molecule has 5 aromatic rings. The zero-order chi connectivity index (χ0) is 39.0. The number of amides is 1. The lowest BCUT2D eigenvalue weighted by molar-refractivity contribution is 0.0696. The van der Waals surface area contributed by atoms with Gasteiger partial charge < -0.3 is 57.4 Å². The Bertz CT molecular complexity index is 2080. The molecular weight excluding hydrogens is 719 g/mol. The Kier molecular flexibility index (Phi) is 12.2. The van der Waals surface area contributed by atoms with Gasteiger partial charge in [-0.15, -0.1) is 0 Å². The second-order valence-corrected chi connectivity index (χ2v) is 14.6. The molecule has 1 aliphatic heterocycles. The van der Waals surface area contributed by atoms with E-state index in [1.807, 2.05) is 6.92 Å². The predicted molar refractivity (Wildman–Crippen MR) is 213 cm³/mol. The molecule has 298 valence electrons. The summed E-state index contributed by atoms with van der Waals surface area (Å²) in [6.07, 6.45) is 12.6. The van der Waals surface area contributed by atoms with Crippen LogP contribution in [0.5, 0.6) is 0 Å². The number of H-pyrrole nitrogens is 2. The highest BCUT2D eigenvalue weighted by atomic mass is 16.6. The number of fused-ring (bicyclic) bond motifs is 2. The minimum absolute atomic E-state index is 0.201. The number of carbonyl (C=O) groups excluding carboxylic acids is 1. The second-order valence-electron chi connectivity index (χ2n) is 14.6. The average Bonchev–Trinajstić information content (AvgIpc) is 3.88. The number of likely N-dealkylation sites (tertiary alicyclic amines) is 1. The lowest BCUT2D eigenvalue weighted by Crippen LogP contribution is -2.42. The summed E-state index contributed by atoms with van der Waals surface area (Å²) >= 11 is 0. The third kappa shape index (κ3) is 9.69. The number of rotatable bonds is 10. The van der Waals surface area contributed by atoms with Crippen LogP contribution in [0.2, 0.25) is 0 Å². The van der Waals surface area contributed by atoms with Gasteiger partial charge in [0.25, 0.3) is 0 Å². The molecule has 3 fully saturated rings. The van der Waals surface area contributed by atoms with E-state index in [4.69, 9.17) is 21.2 Å². The molecule has 2 aliphatic carbocycles. The van der Waals surface area contributed by atoms with Crippen molar-refractivity contribution in [2.45, 2.75) is 101 Å². The first-order valence-electron chi connectivity index (χ1n) is 19.5. The zero-order valence-electron chi connectivity index (χ0n) is 31.5. The maximum atomic E-state index is 11.9. The van der Waals surface area contributed by atoms with Crippen LogP contribution in [0.1, 0.15) is 81.5 Å². The summed E-state index contributed by atoms with van der Waals surface area (Å²) in [5.74, 6) is 1.39. The highest BCUT2D eigenvalue weighted by Gasteiger charge is 2.26. The number of carbonyl (C=O) groups is 2. The number of nitrogens with two attached hydrogens (primary N) is 2. The maximum Gasteiger partial charge on any atom is 0.409 e. The standard InChI is InChI=1S/C19H30N8O2.C18H21N7O2/c1-2-29-19(28)27-9-7-14(8-10-27)23-17-15-16(22-11-21-15)25-18(26-17)24-13-5-3-12(20)4-6-13;19-11-4-6-12(7-5-11)23-18-24-15-14(20-9-21-15)16(25-18)22-13-3-1-2-10(8-13)17(26)27/h11-14H,2-10,20H2,1H3,(H3,21,22,23,24,25,26);1-3,8-9,11-12H,4-7,19H2,(H,26,27)(H3,20,21,22,23,24,25). The molecule has 3 aliphatic rings. The van der Waals surface area contributed by atoms with Crippen LogP contribution in [0.15, 0.2) is 36.9 Å². The molecule has 4 aromatic heterocycles. The summed E-state index contributed by atoms with van der Waals surface area (Å²) in [6, 6.07) is 7.99. The van der Waals surface area contributed by atoms with Crippen molar-refractivity contribution >= 4 is 63.6 Å². The summed E-state index contributed by atoms with van der Waals surface area (Å²) in [7, 11) is 0. The molecule has 0 unspecified atom stereocenters. The van der Waals surface area contributed by atoms with Gasteiger partial charge in [0.2, 0.25) is 11.9 Å². The molecule has 56 heavy (non-hydrogen) atoms. The average molecular weight is 770 g/mol. The number of aromatic amines is 2. The molecule has 0 bridgehead atoms. The fourth-order valence-electron chi connectivity index (χ4n) is 7.36. The third-order valence-electron chi connectivity index (χ3n) is 10.5. The first kappa shape index (κ1) is 38.5. The Balaban J connectivity index is 0.000000172. The van der Waals surface area contributed by atoms with Crippen LogP contribution in [0.25, 0.3) is 22.3 Å². The van der Waals surface area contributed by atoms with Crippen molar-refractivity contribution in [3.05, 3.63) is 42.5 Å². The fourth-order valence-corrected chi connectivity index (χ4v) is 7.36. The first-order chi connectivity index (χ1) is 27.2. The number of hydrogen-bond donors (Lipinski definition) is 9. The lowest BCUT2D eigenvalue weighted by Gasteiger charge is -2.32. The summed E-state index contributed by atoms with van der Waals surface area (Å²) in [5, 5.41) is 22.7. The largest absolute Gasteiger partial charge is 0.478 e.